The highest BCUT2D eigenvalue weighted by atomic mass is 35.5. The number of aliphatic hydroxyl groups excluding tert-OH is 1. The average Bonchev–Trinajstić information content (AvgIpc) is 2.41. The molecule has 2 aromatic rings. The molecule has 0 fully saturated rings. The van der Waals surface area contributed by atoms with Gasteiger partial charge in [-0.2, -0.15) is 0 Å². The number of benzene rings is 2. The predicted octanol–water partition coefficient (Wildman–Crippen LogP) is 3.82. The molecule has 0 spiro atoms. The largest absolute Gasteiger partial charge is 0.387 e. The summed E-state index contributed by atoms with van der Waals surface area (Å²) in [6, 6.07) is 14.9. The van der Waals surface area contributed by atoms with Crippen molar-refractivity contribution in [1.82, 2.24) is 5.32 Å². The lowest BCUT2D eigenvalue weighted by atomic mass is 10.1. The molecule has 0 amide bonds. The van der Waals surface area contributed by atoms with Crippen LogP contribution in [0.2, 0.25) is 10.0 Å². The van der Waals surface area contributed by atoms with Gasteiger partial charge in [-0.3, -0.25) is 0 Å². The molecule has 4 heteroatoms. The zero-order chi connectivity index (χ0) is 13.7. The van der Waals surface area contributed by atoms with Crippen molar-refractivity contribution >= 4 is 23.2 Å². The van der Waals surface area contributed by atoms with Crippen LogP contribution in [0.15, 0.2) is 48.5 Å². The summed E-state index contributed by atoms with van der Waals surface area (Å²) in [5.41, 5.74) is 1.86. The topological polar surface area (TPSA) is 32.3 Å². The minimum absolute atomic E-state index is 0.451. The fourth-order valence-electron chi connectivity index (χ4n) is 1.81. The van der Waals surface area contributed by atoms with Gasteiger partial charge >= 0.3 is 0 Å². The first-order valence-electron chi connectivity index (χ1n) is 6.04. The van der Waals surface area contributed by atoms with Gasteiger partial charge in [-0.25, -0.2) is 0 Å². The zero-order valence-electron chi connectivity index (χ0n) is 10.3. The van der Waals surface area contributed by atoms with E-state index in [1.165, 1.54) is 0 Å². The third-order valence-corrected chi connectivity index (χ3v) is 3.44. The van der Waals surface area contributed by atoms with Crippen molar-refractivity contribution < 1.29 is 5.11 Å². The van der Waals surface area contributed by atoms with Crippen LogP contribution in [0.25, 0.3) is 0 Å². The molecule has 0 aliphatic carbocycles. The maximum atomic E-state index is 10.1. The van der Waals surface area contributed by atoms with Crippen LogP contribution in [0.4, 0.5) is 0 Å². The van der Waals surface area contributed by atoms with Gasteiger partial charge in [0, 0.05) is 28.7 Å². The summed E-state index contributed by atoms with van der Waals surface area (Å²) in [7, 11) is 0. The number of rotatable bonds is 5. The molecule has 19 heavy (non-hydrogen) atoms. The highest BCUT2D eigenvalue weighted by Gasteiger charge is 2.10. The van der Waals surface area contributed by atoms with Crippen molar-refractivity contribution in [2.24, 2.45) is 0 Å². The summed E-state index contributed by atoms with van der Waals surface area (Å²) in [5, 5.41) is 14.6. The summed E-state index contributed by atoms with van der Waals surface area (Å²) in [4.78, 5) is 0. The molecule has 0 heterocycles. The molecule has 0 saturated carbocycles. The first kappa shape index (κ1) is 14.4. The molecule has 2 rings (SSSR count). The van der Waals surface area contributed by atoms with Gasteiger partial charge in [0.25, 0.3) is 0 Å². The van der Waals surface area contributed by atoms with E-state index >= 15 is 0 Å². The van der Waals surface area contributed by atoms with Crippen LogP contribution in [0, 0.1) is 0 Å². The Labute approximate surface area is 123 Å². The Morgan fingerprint density at radius 3 is 2.37 bits per heavy atom. The van der Waals surface area contributed by atoms with Crippen LogP contribution in [-0.4, -0.2) is 11.7 Å². The molecule has 0 bridgehead atoms. The predicted molar refractivity (Wildman–Crippen MR) is 79.6 cm³/mol. The average molecular weight is 296 g/mol. The molecule has 2 aromatic carbocycles. The Balaban J connectivity index is 1.86. The first-order chi connectivity index (χ1) is 9.16. The van der Waals surface area contributed by atoms with Crippen LogP contribution in [0.3, 0.4) is 0 Å². The van der Waals surface area contributed by atoms with E-state index in [0.717, 1.165) is 16.1 Å². The molecule has 1 unspecified atom stereocenters. The number of nitrogens with one attached hydrogen (secondary N) is 1. The van der Waals surface area contributed by atoms with Gasteiger partial charge in [0.1, 0.15) is 0 Å². The Morgan fingerprint density at radius 1 is 1.00 bits per heavy atom. The van der Waals surface area contributed by atoms with E-state index in [1.54, 1.807) is 6.07 Å². The summed E-state index contributed by atoms with van der Waals surface area (Å²) >= 11 is 11.8. The molecule has 100 valence electrons. The first-order valence-corrected chi connectivity index (χ1v) is 6.80. The van der Waals surface area contributed by atoms with E-state index in [-0.39, 0.29) is 0 Å². The number of halogens is 2. The van der Waals surface area contributed by atoms with Crippen molar-refractivity contribution in [2.75, 3.05) is 6.54 Å². The van der Waals surface area contributed by atoms with Gasteiger partial charge in [-0.1, -0.05) is 53.5 Å². The number of hydrogen-bond acceptors (Lipinski definition) is 2. The van der Waals surface area contributed by atoms with Crippen LogP contribution in [0.1, 0.15) is 17.2 Å². The molecule has 1 atom stereocenters. The Hall–Kier alpha value is -1.06. The van der Waals surface area contributed by atoms with Gasteiger partial charge in [0.2, 0.25) is 0 Å². The van der Waals surface area contributed by atoms with Crippen LogP contribution in [-0.2, 0) is 6.54 Å². The number of aliphatic hydroxyl groups is 1. The second-order valence-corrected chi connectivity index (χ2v) is 5.14. The maximum absolute atomic E-state index is 10.1. The molecule has 0 aliphatic rings. The van der Waals surface area contributed by atoms with Crippen molar-refractivity contribution in [3.8, 4) is 0 Å². The third-order valence-electron chi connectivity index (χ3n) is 2.84. The van der Waals surface area contributed by atoms with Gasteiger partial charge in [0.05, 0.1) is 6.10 Å². The summed E-state index contributed by atoms with van der Waals surface area (Å²) in [6.07, 6.45) is -0.610. The van der Waals surface area contributed by atoms with Crippen molar-refractivity contribution in [3.05, 3.63) is 69.7 Å². The van der Waals surface area contributed by atoms with Crippen molar-refractivity contribution in [3.63, 3.8) is 0 Å². The molecule has 0 aliphatic heterocycles. The molecular weight excluding hydrogens is 281 g/mol. The zero-order valence-corrected chi connectivity index (χ0v) is 11.8. The summed E-state index contributed by atoms with van der Waals surface area (Å²) in [6.45, 7) is 1.13. The van der Waals surface area contributed by atoms with E-state index in [1.807, 2.05) is 42.5 Å². The van der Waals surface area contributed by atoms with E-state index in [4.69, 9.17) is 23.2 Å². The quantitative estimate of drug-likeness (QED) is 0.879. The monoisotopic (exact) mass is 295 g/mol. The van der Waals surface area contributed by atoms with E-state index in [0.29, 0.717) is 18.1 Å². The molecule has 0 aromatic heterocycles. The normalized spacial score (nSPS) is 12.4. The van der Waals surface area contributed by atoms with E-state index in [2.05, 4.69) is 5.32 Å². The van der Waals surface area contributed by atoms with Crippen LogP contribution < -0.4 is 5.32 Å². The van der Waals surface area contributed by atoms with Gasteiger partial charge in [-0.05, 0) is 23.8 Å². The third kappa shape index (κ3) is 4.22. The second-order valence-electron chi connectivity index (χ2n) is 4.29. The fourth-order valence-corrected chi connectivity index (χ4v) is 2.20. The second kappa shape index (κ2) is 6.92. The van der Waals surface area contributed by atoms with Gasteiger partial charge in [-0.15, -0.1) is 0 Å². The molecule has 0 radical (unpaired) electrons. The lowest BCUT2D eigenvalue weighted by molar-refractivity contribution is 0.174. The van der Waals surface area contributed by atoms with Crippen molar-refractivity contribution in [2.45, 2.75) is 12.6 Å². The van der Waals surface area contributed by atoms with Crippen LogP contribution in [0.5, 0.6) is 0 Å². The molecular formula is C15H15Cl2NO. The minimum atomic E-state index is -0.610. The minimum Gasteiger partial charge on any atom is -0.387 e. The Bertz CT molecular complexity index is 528. The SMILES string of the molecule is OC(CNCc1ccc(Cl)cc1)c1ccccc1Cl. The summed E-state index contributed by atoms with van der Waals surface area (Å²) in [5.74, 6) is 0. The summed E-state index contributed by atoms with van der Waals surface area (Å²) < 4.78 is 0. The van der Waals surface area contributed by atoms with Crippen LogP contribution >= 0.6 is 23.2 Å². The highest BCUT2D eigenvalue weighted by Crippen LogP contribution is 2.21. The lowest BCUT2D eigenvalue weighted by Gasteiger charge is -2.13. The highest BCUT2D eigenvalue weighted by molar-refractivity contribution is 6.31. The van der Waals surface area contributed by atoms with Gasteiger partial charge < -0.3 is 10.4 Å². The molecule has 2 N–H and O–H groups in total. The van der Waals surface area contributed by atoms with E-state index < -0.39 is 6.10 Å². The van der Waals surface area contributed by atoms with E-state index in [9.17, 15) is 5.11 Å². The van der Waals surface area contributed by atoms with Crippen molar-refractivity contribution in [1.29, 1.82) is 0 Å². The standard InChI is InChI=1S/C15H15Cl2NO/c16-12-7-5-11(6-8-12)9-18-10-15(19)13-3-1-2-4-14(13)17/h1-8,15,18-19H,9-10H2. The molecule has 2 nitrogen and oxygen atoms in total. The van der Waals surface area contributed by atoms with Gasteiger partial charge in [0.15, 0.2) is 0 Å². The maximum Gasteiger partial charge on any atom is 0.0928 e. The number of hydrogen-bond donors (Lipinski definition) is 2. The Morgan fingerprint density at radius 2 is 1.68 bits per heavy atom. The molecule has 0 saturated heterocycles. The lowest BCUT2D eigenvalue weighted by Crippen LogP contribution is -2.21. The fraction of sp³-hybridized carbons (Fsp3) is 0.200. The smallest absolute Gasteiger partial charge is 0.0928 e. The Kier molecular flexibility index (Phi) is 5.23.